The maximum Gasteiger partial charge on any atom is 0.170 e. The Bertz CT molecular complexity index is 755. The van der Waals surface area contributed by atoms with Crippen molar-refractivity contribution >= 4 is 18.9 Å². The molecule has 1 aromatic carbocycles. The second-order valence-electron chi connectivity index (χ2n) is 7.20. The molecule has 7 nitrogen and oxygen atoms in total. The molecule has 0 saturated carbocycles. The van der Waals surface area contributed by atoms with E-state index in [4.69, 9.17) is 4.74 Å². The number of aromatic nitrogens is 2. The van der Waals surface area contributed by atoms with Crippen LogP contribution in [0.15, 0.2) is 36.5 Å². The molecule has 1 aliphatic heterocycles. The molecule has 8 heteroatoms. The summed E-state index contributed by atoms with van der Waals surface area (Å²) in [5, 5.41) is 3.78. The fourth-order valence-corrected chi connectivity index (χ4v) is 2.41. The second-order valence-corrected chi connectivity index (χ2v) is 7.20. The Morgan fingerprint density at radius 3 is 1.88 bits per heavy atom. The molecule has 0 radical (unpaired) electrons. The number of aldehydes is 3. The first-order valence-electron chi connectivity index (χ1n) is 11.2. The summed E-state index contributed by atoms with van der Waals surface area (Å²) in [6.07, 6.45) is 4.16. The van der Waals surface area contributed by atoms with Gasteiger partial charge in [-0.2, -0.15) is 5.10 Å². The van der Waals surface area contributed by atoms with Gasteiger partial charge in [0.15, 0.2) is 6.29 Å². The summed E-state index contributed by atoms with van der Waals surface area (Å²) < 4.78 is 18.9. The van der Waals surface area contributed by atoms with Gasteiger partial charge in [0.1, 0.15) is 24.1 Å². The summed E-state index contributed by atoms with van der Waals surface area (Å²) >= 11 is 0. The number of morpholine rings is 1. The number of hydrogen-bond acceptors (Lipinski definition) is 6. The molecular weight excluding hydrogens is 425 g/mol. The molecule has 2 heterocycles. The molecule has 0 N–H and O–H groups in total. The maximum absolute atomic E-state index is 12.1. The lowest BCUT2D eigenvalue weighted by Crippen LogP contribution is -2.42. The number of halogens is 1. The van der Waals surface area contributed by atoms with Crippen molar-refractivity contribution < 1.29 is 23.5 Å². The third-order valence-electron chi connectivity index (χ3n) is 3.91. The van der Waals surface area contributed by atoms with Gasteiger partial charge in [-0.05, 0) is 30.3 Å². The Balaban J connectivity index is 0. The van der Waals surface area contributed by atoms with Gasteiger partial charge in [0.2, 0.25) is 0 Å². The third kappa shape index (κ3) is 16.6. The van der Waals surface area contributed by atoms with Crippen molar-refractivity contribution in [2.45, 2.75) is 41.5 Å². The van der Waals surface area contributed by atoms with Crippen molar-refractivity contribution in [3.05, 3.63) is 53.6 Å². The second kappa shape index (κ2) is 19.9. The highest BCUT2D eigenvalue weighted by Crippen LogP contribution is 2.13. The molecule has 0 amide bonds. The first-order valence-corrected chi connectivity index (χ1v) is 11.2. The molecule has 1 aromatic heterocycles. The highest BCUT2D eigenvalue weighted by molar-refractivity contribution is 5.74. The van der Waals surface area contributed by atoms with Crippen LogP contribution in [-0.4, -0.2) is 66.4 Å². The van der Waals surface area contributed by atoms with Crippen LogP contribution in [0.25, 0.3) is 0 Å². The molecular formula is C25H40FN3O4. The van der Waals surface area contributed by atoms with Gasteiger partial charge in [-0.1, -0.05) is 41.5 Å². The SMILES string of the molecule is CC.CC.CC(C)(C=O)CN1CCOCC1.Cn1ccc(C=O)n1.O=Cc1ccc(F)cc1. The zero-order valence-electron chi connectivity index (χ0n) is 21.1. The molecule has 1 fully saturated rings. The average molecular weight is 466 g/mol. The number of hydrogen-bond donors (Lipinski definition) is 0. The summed E-state index contributed by atoms with van der Waals surface area (Å²) in [5.41, 5.74) is 0.765. The van der Waals surface area contributed by atoms with E-state index in [1.807, 2.05) is 41.5 Å². The Labute approximate surface area is 197 Å². The lowest BCUT2D eigenvalue weighted by molar-refractivity contribution is -0.116. The van der Waals surface area contributed by atoms with Gasteiger partial charge in [0.25, 0.3) is 0 Å². The van der Waals surface area contributed by atoms with E-state index in [1.165, 1.54) is 24.3 Å². The summed E-state index contributed by atoms with van der Waals surface area (Å²) in [5.74, 6) is -0.319. The van der Waals surface area contributed by atoms with E-state index in [0.29, 0.717) is 17.5 Å². The highest BCUT2D eigenvalue weighted by Gasteiger charge is 2.22. The molecule has 1 saturated heterocycles. The third-order valence-corrected chi connectivity index (χ3v) is 3.91. The lowest BCUT2D eigenvalue weighted by atomic mass is 9.95. The Kier molecular flexibility index (Phi) is 19.6. The predicted octanol–water partition coefficient (Wildman–Crippen LogP) is 4.47. The van der Waals surface area contributed by atoms with Gasteiger partial charge in [-0.3, -0.25) is 19.2 Å². The first-order chi connectivity index (χ1) is 15.8. The molecule has 0 unspecified atom stereocenters. The molecule has 3 rings (SSSR count). The summed E-state index contributed by atoms with van der Waals surface area (Å²) in [6.45, 7) is 16.3. The molecule has 1 aliphatic rings. The highest BCUT2D eigenvalue weighted by atomic mass is 19.1. The molecule has 186 valence electrons. The van der Waals surface area contributed by atoms with Gasteiger partial charge < -0.3 is 9.53 Å². The molecule has 2 aromatic rings. The van der Waals surface area contributed by atoms with Crippen LogP contribution in [0, 0.1) is 11.2 Å². The van der Waals surface area contributed by atoms with Crippen molar-refractivity contribution in [2.24, 2.45) is 12.5 Å². The minimum atomic E-state index is -0.319. The van der Waals surface area contributed by atoms with Crippen LogP contribution < -0.4 is 0 Å². The Morgan fingerprint density at radius 1 is 0.970 bits per heavy atom. The topological polar surface area (TPSA) is 81.5 Å². The van der Waals surface area contributed by atoms with E-state index >= 15 is 0 Å². The predicted molar refractivity (Wildman–Crippen MR) is 130 cm³/mol. The van der Waals surface area contributed by atoms with Gasteiger partial charge in [0, 0.05) is 43.9 Å². The van der Waals surface area contributed by atoms with Crippen LogP contribution in [-0.2, 0) is 16.6 Å². The van der Waals surface area contributed by atoms with Crippen LogP contribution in [0.3, 0.4) is 0 Å². The van der Waals surface area contributed by atoms with E-state index < -0.39 is 0 Å². The minimum absolute atomic E-state index is 0.211. The fraction of sp³-hybridized carbons (Fsp3) is 0.520. The van der Waals surface area contributed by atoms with Crippen molar-refractivity contribution in [3.63, 3.8) is 0 Å². The molecule has 0 bridgehead atoms. The standard InChI is InChI=1S/C9H17NO2.C7H5FO.C5H6N2O.2C2H6/c1-9(2,8-11)7-10-3-5-12-6-4-10;8-7-3-1-6(5-9)2-4-7;1-7-3-2-5(4-8)6-7;2*1-2/h8H,3-7H2,1-2H3;1-5H;2-4H,1H3;2*1-2H3. The van der Waals surface area contributed by atoms with Crippen LogP contribution in [0.2, 0.25) is 0 Å². The molecule has 33 heavy (non-hydrogen) atoms. The van der Waals surface area contributed by atoms with Crippen molar-refractivity contribution in [1.82, 2.24) is 14.7 Å². The Morgan fingerprint density at radius 2 is 1.52 bits per heavy atom. The quantitative estimate of drug-likeness (QED) is 0.606. The number of benzene rings is 1. The number of carbonyl (C=O) groups excluding carboxylic acids is 3. The summed E-state index contributed by atoms with van der Waals surface area (Å²) in [7, 11) is 1.77. The van der Waals surface area contributed by atoms with Crippen molar-refractivity contribution in [3.8, 4) is 0 Å². The maximum atomic E-state index is 12.1. The van der Waals surface area contributed by atoms with Crippen LogP contribution in [0.5, 0.6) is 0 Å². The van der Waals surface area contributed by atoms with Crippen molar-refractivity contribution in [1.29, 1.82) is 0 Å². The lowest BCUT2D eigenvalue weighted by Gasteiger charge is -2.31. The van der Waals surface area contributed by atoms with Gasteiger partial charge in [0.05, 0.1) is 13.2 Å². The average Bonchev–Trinajstić information content (AvgIpc) is 3.29. The summed E-state index contributed by atoms with van der Waals surface area (Å²) in [6, 6.07) is 7.03. The van der Waals surface area contributed by atoms with Crippen LogP contribution >= 0.6 is 0 Å². The van der Waals surface area contributed by atoms with Gasteiger partial charge in [-0.15, -0.1) is 0 Å². The normalized spacial score (nSPS) is 12.6. The molecule has 0 spiro atoms. The smallest absolute Gasteiger partial charge is 0.170 e. The molecule has 0 atom stereocenters. The van der Waals surface area contributed by atoms with Crippen LogP contribution in [0.1, 0.15) is 62.4 Å². The monoisotopic (exact) mass is 465 g/mol. The summed E-state index contributed by atoms with van der Waals surface area (Å²) in [4.78, 5) is 32.9. The largest absolute Gasteiger partial charge is 0.379 e. The minimum Gasteiger partial charge on any atom is -0.379 e. The fourth-order valence-electron chi connectivity index (χ4n) is 2.41. The van der Waals surface area contributed by atoms with Gasteiger partial charge >= 0.3 is 0 Å². The van der Waals surface area contributed by atoms with Crippen molar-refractivity contribution in [2.75, 3.05) is 32.8 Å². The van der Waals surface area contributed by atoms with E-state index in [0.717, 1.165) is 45.4 Å². The number of rotatable bonds is 5. The van der Waals surface area contributed by atoms with E-state index in [1.54, 1.807) is 24.0 Å². The zero-order chi connectivity index (χ0) is 25.7. The zero-order valence-corrected chi connectivity index (χ0v) is 21.1. The van der Waals surface area contributed by atoms with Gasteiger partial charge in [-0.25, -0.2) is 4.39 Å². The first kappa shape index (κ1) is 32.5. The van der Waals surface area contributed by atoms with E-state index in [9.17, 15) is 18.8 Å². The van der Waals surface area contributed by atoms with Crippen LogP contribution in [0.4, 0.5) is 4.39 Å². The molecule has 0 aliphatic carbocycles. The number of carbonyl (C=O) groups is 3. The Hall–Kier alpha value is -2.71. The van der Waals surface area contributed by atoms with E-state index in [2.05, 4.69) is 10.00 Å². The number of aryl methyl sites for hydroxylation is 1. The number of ether oxygens (including phenoxy) is 1. The number of nitrogens with zero attached hydrogens (tertiary/aromatic N) is 3. The van der Waals surface area contributed by atoms with E-state index in [-0.39, 0.29) is 11.2 Å².